The minimum absolute atomic E-state index is 0.450. The monoisotopic (exact) mass is 293 g/mol. The zero-order chi connectivity index (χ0) is 14.5. The minimum atomic E-state index is -0.618. The molecule has 2 aromatic rings. The first-order valence-corrected chi connectivity index (χ1v) is 6.10. The number of aromatic nitrogens is 2. The lowest BCUT2D eigenvalue weighted by Gasteiger charge is -1.92. The second kappa shape index (κ2) is 6.21. The third kappa shape index (κ3) is 3.36. The zero-order valence-corrected chi connectivity index (χ0v) is 11.7. The molecular weight excluding hydrogens is 282 g/mol. The maximum atomic E-state index is 11.5. The summed E-state index contributed by atoms with van der Waals surface area (Å²) in [6.45, 7) is 1.80. The fourth-order valence-corrected chi connectivity index (χ4v) is 1.75. The van der Waals surface area contributed by atoms with Crippen molar-refractivity contribution in [2.24, 2.45) is 12.2 Å². The fraction of sp³-hybridized carbons (Fsp3) is 0.154. The quantitative estimate of drug-likeness (QED) is 0.376. The Balaban J connectivity index is 1.96. The highest BCUT2D eigenvalue weighted by Crippen LogP contribution is 2.19. The Morgan fingerprint density at radius 1 is 1.60 bits per heavy atom. The lowest BCUT2D eigenvalue weighted by Crippen LogP contribution is -1.94. The smallest absolute Gasteiger partial charge is 0.358 e. The van der Waals surface area contributed by atoms with Crippen LogP contribution < -0.4 is 0 Å². The third-order valence-electron chi connectivity index (χ3n) is 2.45. The summed E-state index contributed by atoms with van der Waals surface area (Å²) >= 11 is 6.02. The molecule has 0 N–H and O–H groups in total. The van der Waals surface area contributed by atoms with Crippen LogP contribution in [0.2, 0.25) is 5.15 Å². The predicted octanol–water partition coefficient (Wildman–Crippen LogP) is 2.57. The van der Waals surface area contributed by atoms with E-state index in [1.165, 1.54) is 29.3 Å². The van der Waals surface area contributed by atoms with Crippen LogP contribution in [0.5, 0.6) is 0 Å². The number of aryl methyl sites for hydroxylation is 2. The molecule has 0 spiro atoms. The summed E-state index contributed by atoms with van der Waals surface area (Å²) in [6.07, 6.45) is 5.56. The molecule has 0 unspecified atom stereocenters. The fourth-order valence-electron chi connectivity index (χ4n) is 1.51. The average molecular weight is 294 g/mol. The van der Waals surface area contributed by atoms with Gasteiger partial charge in [-0.25, -0.2) is 4.79 Å². The minimum Gasteiger partial charge on any atom is -0.463 e. The molecule has 7 heteroatoms. The topological polar surface area (TPSA) is 69.6 Å². The van der Waals surface area contributed by atoms with E-state index in [1.807, 2.05) is 0 Å². The molecule has 0 saturated heterocycles. The van der Waals surface area contributed by atoms with E-state index in [1.54, 1.807) is 26.1 Å². The molecule has 0 atom stereocenters. The molecule has 0 aliphatic carbocycles. The van der Waals surface area contributed by atoms with E-state index in [2.05, 4.69) is 15.1 Å². The molecule has 0 radical (unpaired) electrons. The molecule has 0 aliphatic rings. The van der Waals surface area contributed by atoms with E-state index in [9.17, 15) is 4.79 Å². The molecule has 20 heavy (non-hydrogen) atoms. The number of nitrogens with zero attached hydrogens (tertiary/aromatic N) is 3. The Morgan fingerprint density at radius 3 is 3.00 bits per heavy atom. The van der Waals surface area contributed by atoms with E-state index < -0.39 is 5.97 Å². The van der Waals surface area contributed by atoms with Crippen molar-refractivity contribution in [3.63, 3.8) is 0 Å². The summed E-state index contributed by atoms with van der Waals surface area (Å²) in [7, 11) is 1.72. The van der Waals surface area contributed by atoms with Gasteiger partial charge in [0.2, 0.25) is 0 Å². The van der Waals surface area contributed by atoms with Crippen LogP contribution in [-0.4, -0.2) is 22.0 Å². The Labute approximate surface area is 120 Å². The maximum Gasteiger partial charge on any atom is 0.358 e. The van der Waals surface area contributed by atoms with Crippen LogP contribution in [0.3, 0.4) is 0 Å². The molecule has 2 aromatic heterocycles. The molecular formula is C13H12ClN3O3. The van der Waals surface area contributed by atoms with Crippen LogP contribution in [0.15, 0.2) is 34.0 Å². The predicted molar refractivity (Wildman–Crippen MR) is 74.4 cm³/mol. The van der Waals surface area contributed by atoms with E-state index in [0.29, 0.717) is 16.5 Å². The summed E-state index contributed by atoms with van der Waals surface area (Å²) in [5.74, 6) is -0.125. The van der Waals surface area contributed by atoms with E-state index in [0.717, 1.165) is 5.69 Å². The van der Waals surface area contributed by atoms with Crippen LogP contribution in [0.25, 0.3) is 6.08 Å². The average Bonchev–Trinajstić information content (AvgIpc) is 2.98. The van der Waals surface area contributed by atoms with Gasteiger partial charge in [0.05, 0.1) is 12.0 Å². The van der Waals surface area contributed by atoms with Crippen LogP contribution in [-0.2, 0) is 16.7 Å². The first-order chi connectivity index (χ1) is 9.58. The van der Waals surface area contributed by atoms with E-state index in [-0.39, 0.29) is 0 Å². The normalized spacial score (nSPS) is 11.6. The van der Waals surface area contributed by atoms with Gasteiger partial charge in [-0.3, -0.25) is 4.68 Å². The first kappa shape index (κ1) is 14.1. The van der Waals surface area contributed by atoms with Crippen molar-refractivity contribution in [3.8, 4) is 0 Å². The molecule has 0 amide bonds. The second-order valence-electron chi connectivity index (χ2n) is 3.91. The van der Waals surface area contributed by atoms with Crippen LogP contribution in [0.4, 0.5) is 0 Å². The lowest BCUT2D eigenvalue weighted by atomic mass is 10.2. The molecule has 0 aliphatic heterocycles. The van der Waals surface area contributed by atoms with Crippen molar-refractivity contribution in [1.82, 2.24) is 9.78 Å². The highest BCUT2D eigenvalue weighted by Gasteiger charge is 2.08. The summed E-state index contributed by atoms with van der Waals surface area (Å²) in [5, 5.41) is 8.08. The molecule has 0 saturated carbocycles. The Kier molecular flexibility index (Phi) is 4.37. The molecule has 104 valence electrons. The van der Waals surface area contributed by atoms with Gasteiger partial charge < -0.3 is 9.25 Å². The first-order valence-electron chi connectivity index (χ1n) is 5.73. The lowest BCUT2D eigenvalue weighted by molar-refractivity contribution is -0.137. The summed E-state index contributed by atoms with van der Waals surface area (Å²) in [5.41, 5.74) is 1.39. The van der Waals surface area contributed by atoms with Gasteiger partial charge in [-0.05, 0) is 25.1 Å². The van der Waals surface area contributed by atoms with Gasteiger partial charge in [0.15, 0.2) is 0 Å². The number of hydrogen-bond donors (Lipinski definition) is 0. The number of halogens is 1. The molecule has 2 rings (SSSR count). The van der Waals surface area contributed by atoms with Gasteiger partial charge in [0, 0.05) is 18.7 Å². The summed E-state index contributed by atoms with van der Waals surface area (Å²) in [4.78, 5) is 16.1. The van der Waals surface area contributed by atoms with Gasteiger partial charge in [0.1, 0.15) is 17.1 Å². The largest absolute Gasteiger partial charge is 0.463 e. The molecule has 6 nitrogen and oxygen atoms in total. The third-order valence-corrected chi connectivity index (χ3v) is 2.90. The number of hydrogen-bond acceptors (Lipinski definition) is 5. The maximum absolute atomic E-state index is 11.5. The van der Waals surface area contributed by atoms with E-state index in [4.69, 9.17) is 16.0 Å². The van der Waals surface area contributed by atoms with Gasteiger partial charge >= 0.3 is 5.97 Å². The van der Waals surface area contributed by atoms with Crippen LogP contribution in [0.1, 0.15) is 17.0 Å². The molecule has 2 heterocycles. The van der Waals surface area contributed by atoms with Gasteiger partial charge in [-0.15, -0.1) is 0 Å². The Bertz CT molecular complexity index is 657. The second-order valence-corrected chi connectivity index (χ2v) is 4.27. The number of rotatable bonds is 4. The Morgan fingerprint density at radius 2 is 2.40 bits per heavy atom. The molecule has 0 bridgehead atoms. The SMILES string of the molecule is Cc1nn(C)c(Cl)c1/C=C/C(=O)O/N=C\c1ccco1. The van der Waals surface area contributed by atoms with Gasteiger partial charge in [-0.1, -0.05) is 16.8 Å². The number of carbonyl (C=O) groups is 1. The van der Waals surface area contributed by atoms with E-state index >= 15 is 0 Å². The highest BCUT2D eigenvalue weighted by molar-refractivity contribution is 6.31. The van der Waals surface area contributed by atoms with Crippen LogP contribution in [0, 0.1) is 6.92 Å². The van der Waals surface area contributed by atoms with Crippen LogP contribution >= 0.6 is 11.6 Å². The summed E-state index contributed by atoms with van der Waals surface area (Å²) in [6, 6.07) is 3.39. The zero-order valence-electron chi connectivity index (χ0n) is 10.9. The molecule has 0 aromatic carbocycles. The number of furan rings is 1. The van der Waals surface area contributed by atoms with Crippen molar-refractivity contribution in [1.29, 1.82) is 0 Å². The number of oxime groups is 1. The van der Waals surface area contributed by atoms with Crippen molar-refractivity contribution in [3.05, 3.63) is 46.6 Å². The Hall–Kier alpha value is -2.34. The van der Waals surface area contributed by atoms with Crippen molar-refractivity contribution in [2.75, 3.05) is 0 Å². The highest BCUT2D eigenvalue weighted by atomic mass is 35.5. The van der Waals surface area contributed by atoms with Gasteiger partial charge in [-0.2, -0.15) is 5.10 Å². The molecule has 0 fully saturated rings. The van der Waals surface area contributed by atoms with Crippen molar-refractivity contribution >= 4 is 29.9 Å². The number of carbonyl (C=O) groups excluding carboxylic acids is 1. The van der Waals surface area contributed by atoms with Crippen molar-refractivity contribution < 1.29 is 14.0 Å². The summed E-state index contributed by atoms with van der Waals surface area (Å²) < 4.78 is 6.52. The van der Waals surface area contributed by atoms with Crippen molar-refractivity contribution in [2.45, 2.75) is 6.92 Å². The van der Waals surface area contributed by atoms with Gasteiger partial charge in [0.25, 0.3) is 0 Å². The standard InChI is InChI=1S/C13H12ClN3O3/c1-9-11(13(14)17(2)16-9)5-6-12(18)20-15-8-10-4-3-7-19-10/h3-8H,1-2H3/b6-5+,15-8-.